The summed E-state index contributed by atoms with van der Waals surface area (Å²) < 4.78 is 22.9. The van der Waals surface area contributed by atoms with E-state index in [9.17, 15) is 14.7 Å². The van der Waals surface area contributed by atoms with E-state index in [1.807, 2.05) is 38.8 Å². The van der Waals surface area contributed by atoms with Gasteiger partial charge in [-0.2, -0.15) is 0 Å². The van der Waals surface area contributed by atoms with E-state index in [1.54, 1.807) is 4.90 Å². The van der Waals surface area contributed by atoms with Crippen LogP contribution in [-0.2, 0) is 11.2 Å². The number of rotatable bonds is 3. The molecule has 2 aromatic carbocycles. The summed E-state index contributed by atoms with van der Waals surface area (Å²) in [6.07, 6.45) is 1.01. The topological polar surface area (TPSA) is 97.8 Å². The largest absolute Gasteiger partial charge is 0.504 e. The van der Waals surface area contributed by atoms with Gasteiger partial charge in [-0.1, -0.05) is 13.0 Å². The number of benzene rings is 2. The van der Waals surface area contributed by atoms with Gasteiger partial charge >= 0.3 is 0 Å². The van der Waals surface area contributed by atoms with Gasteiger partial charge in [-0.25, -0.2) is 0 Å². The molecule has 0 spiro atoms. The fourth-order valence-corrected chi connectivity index (χ4v) is 6.88. The van der Waals surface area contributed by atoms with Crippen molar-refractivity contribution < 1.29 is 33.6 Å². The van der Waals surface area contributed by atoms with Crippen molar-refractivity contribution in [1.82, 2.24) is 9.80 Å². The van der Waals surface area contributed by atoms with E-state index < -0.39 is 24.2 Å². The molecule has 1 fully saturated rings. The molecule has 9 nitrogen and oxygen atoms in total. The van der Waals surface area contributed by atoms with E-state index in [1.165, 1.54) is 14.2 Å². The second kappa shape index (κ2) is 7.77. The van der Waals surface area contributed by atoms with E-state index in [4.69, 9.17) is 18.9 Å². The van der Waals surface area contributed by atoms with Crippen LogP contribution < -0.4 is 18.9 Å². The summed E-state index contributed by atoms with van der Waals surface area (Å²) in [7, 11) is 4.91. The lowest BCUT2D eigenvalue weighted by molar-refractivity contribution is -0.153. The van der Waals surface area contributed by atoms with E-state index in [0.29, 0.717) is 58.1 Å². The minimum Gasteiger partial charge on any atom is -0.504 e. The minimum absolute atomic E-state index is 0.0255. The molecule has 4 atom stereocenters. The zero-order chi connectivity index (χ0) is 25.6. The molecule has 0 saturated carbocycles. The van der Waals surface area contributed by atoms with Crippen LogP contribution in [0.15, 0.2) is 6.07 Å². The van der Waals surface area contributed by atoms with Crippen molar-refractivity contribution in [2.75, 3.05) is 28.1 Å². The van der Waals surface area contributed by atoms with Crippen molar-refractivity contribution >= 4 is 11.7 Å². The Balaban J connectivity index is 1.65. The van der Waals surface area contributed by atoms with Crippen LogP contribution >= 0.6 is 0 Å². The van der Waals surface area contributed by atoms with Gasteiger partial charge in [0.05, 0.1) is 37.9 Å². The van der Waals surface area contributed by atoms with E-state index in [0.717, 1.165) is 11.1 Å². The molecular weight excluding hydrogens is 464 g/mol. The number of ether oxygens (including phenoxy) is 4. The Labute approximate surface area is 209 Å². The first-order valence-corrected chi connectivity index (χ1v) is 12.2. The summed E-state index contributed by atoms with van der Waals surface area (Å²) in [5.74, 6) is 1.59. The molecule has 1 saturated heterocycles. The van der Waals surface area contributed by atoms with Crippen LogP contribution in [-0.4, -0.2) is 66.7 Å². The Morgan fingerprint density at radius 3 is 2.42 bits per heavy atom. The number of carbonyl (C=O) groups is 2. The highest BCUT2D eigenvalue weighted by atomic mass is 16.7. The highest BCUT2D eigenvalue weighted by Crippen LogP contribution is 2.57. The summed E-state index contributed by atoms with van der Waals surface area (Å²) in [5, 5.41) is 11.4. The Morgan fingerprint density at radius 1 is 1.06 bits per heavy atom. The predicted octanol–water partition coefficient (Wildman–Crippen LogP) is 3.21. The number of ketones is 1. The lowest BCUT2D eigenvalue weighted by Gasteiger charge is -2.56. The molecular formula is C27H30N2O7. The zero-order valence-electron chi connectivity index (χ0n) is 21.3. The third kappa shape index (κ3) is 2.64. The average Bonchev–Trinajstić information content (AvgIpc) is 3.34. The molecule has 2 bridgehead atoms. The van der Waals surface area contributed by atoms with Crippen LogP contribution in [0.3, 0.4) is 0 Å². The molecule has 1 amide bonds. The molecule has 4 aliphatic rings. The van der Waals surface area contributed by atoms with Crippen molar-refractivity contribution in [3.8, 4) is 28.7 Å². The molecule has 4 heterocycles. The number of hydrogen-bond acceptors (Lipinski definition) is 8. The number of methoxy groups -OCH3 is 2. The fraction of sp³-hybridized carbons (Fsp3) is 0.481. The lowest BCUT2D eigenvalue weighted by Crippen LogP contribution is -2.68. The average molecular weight is 495 g/mol. The van der Waals surface area contributed by atoms with Gasteiger partial charge < -0.3 is 29.0 Å². The summed E-state index contributed by atoms with van der Waals surface area (Å²) in [6.45, 7) is 5.75. The molecule has 6 rings (SSSR count). The Kier molecular flexibility index (Phi) is 4.96. The molecule has 0 aliphatic carbocycles. The van der Waals surface area contributed by atoms with Gasteiger partial charge in [0.25, 0.3) is 0 Å². The molecule has 1 N–H and O–H groups in total. The Bertz CT molecular complexity index is 1340. The first kappa shape index (κ1) is 23.0. The van der Waals surface area contributed by atoms with Crippen LogP contribution in [0.25, 0.3) is 0 Å². The van der Waals surface area contributed by atoms with Gasteiger partial charge in [0.2, 0.25) is 12.7 Å². The zero-order valence-corrected chi connectivity index (χ0v) is 21.3. The summed E-state index contributed by atoms with van der Waals surface area (Å²) >= 11 is 0. The SMILES string of the molecule is CC[C@H]1c2c3c(c(C)c(OC)c2C(=O)C2C4c5c(cc(C)c(OC)c5O)CC(C(=O)N21)N4C)OCO3. The normalized spacial score (nSPS) is 25.9. The second-order valence-corrected chi connectivity index (χ2v) is 9.97. The van der Waals surface area contributed by atoms with Crippen LogP contribution in [0.1, 0.15) is 63.6 Å². The van der Waals surface area contributed by atoms with E-state index in [-0.39, 0.29) is 24.2 Å². The number of carbonyl (C=O) groups excluding carboxylic acids is 2. The van der Waals surface area contributed by atoms with Crippen molar-refractivity contribution in [1.29, 1.82) is 0 Å². The van der Waals surface area contributed by atoms with Crippen LogP contribution in [0.5, 0.6) is 28.7 Å². The maximum absolute atomic E-state index is 14.5. The summed E-state index contributed by atoms with van der Waals surface area (Å²) in [6, 6.07) is -0.286. The third-order valence-electron chi connectivity index (χ3n) is 8.36. The first-order valence-electron chi connectivity index (χ1n) is 12.2. The van der Waals surface area contributed by atoms with Gasteiger partial charge in [0, 0.05) is 16.7 Å². The predicted molar refractivity (Wildman–Crippen MR) is 129 cm³/mol. The lowest BCUT2D eigenvalue weighted by atomic mass is 9.72. The van der Waals surface area contributed by atoms with Crippen molar-refractivity contribution in [3.05, 3.63) is 39.4 Å². The summed E-state index contributed by atoms with van der Waals surface area (Å²) in [4.78, 5) is 32.2. The molecule has 190 valence electrons. The van der Waals surface area contributed by atoms with Crippen molar-refractivity contribution in [3.63, 3.8) is 0 Å². The van der Waals surface area contributed by atoms with Crippen molar-refractivity contribution in [2.45, 2.75) is 57.8 Å². The highest BCUT2D eigenvalue weighted by Gasteiger charge is 2.59. The number of phenolic OH excluding ortho intramolecular Hbond substituents is 1. The molecule has 4 aliphatic heterocycles. The Hall–Kier alpha value is -3.46. The van der Waals surface area contributed by atoms with Crippen LogP contribution in [0, 0.1) is 13.8 Å². The van der Waals surface area contributed by atoms with Gasteiger partial charge in [0.15, 0.2) is 28.8 Å². The number of likely N-dealkylation sites (N-methyl/N-ethyl adjacent to an activating group) is 1. The molecule has 36 heavy (non-hydrogen) atoms. The number of aromatic hydroxyl groups is 1. The molecule has 0 radical (unpaired) electrons. The smallest absolute Gasteiger partial charge is 0.241 e. The third-order valence-corrected chi connectivity index (χ3v) is 8.36. The van der Waals surface area contributed by atoms with Crippen molar-refractivity contribution in [2.24, 2.45) is 0 Å². The van der Waals surface area contributed by atoms with Crippen LogP contribution in [0.4, 0.5) is 0 Å². The summed E-state index contributed by atoms with van der Waals surface area (Å²) in [5.41, 5.74) is 4.07. The number of aryl methyl sites for hydroxylation is 1. The number of fused-ring (bicyclic) bond motifs is 9. The van der Waals surface area contributed by atoms with E-state index >= 15 is 0 Å². The monoisotopic (exact) mass is 494 g/mol. The molecule has 0 aromatic heterocycles. The number of phenols is 1. The molecule has 2 aromatic rings. The van der Waals surface area contributed by atoms with Gasteiger partial charge in [0.1, 0.15) is 11.8 Å². The minimum atomic E-state index is -0.845. The quantitative estimate of drug-likeness (QED) is 0.695. The van der Waals surface area contributed by atoms with Gasteiger partial charge in [-0.05, 0) is 44.9 Å². The van der Waals surface area contributed by atoms with Gasteiger partial charge in [-0.15, -0.1) is 0 Å². The van der Waals surface area contributed by atoms with Gasteiger partial charge in [-0.3, -0.25) is 14.5 Å². The second-order valence-electron chi connectivity index (χ2n) is 9.97. The molecule has 9 heteroatoms. The first-order chi connectivity index (χ1) is 17.3. The number of Topliss-reactive ketones (excluding diaryl/α,β-unsaturated/α-hetero) is 1. The molecule has 3 unspecified atom stereocenters. The number of amides is 1. The Morgan fingerprint density at radius 2 is 1.75 bits per heavy atom. The maximum Gasteiger partial charge on any atom is 0.241 e. The van der Waals surface area contributed by atoms with Crippen LogP contribution in [0.2, 0.25) is 0 Å². The highest BCUT2D eigenvalue weighted by molar-refractivity contribution is 6.10. The maximum atomic E-state index is 14.5. The number of nitrogens with zero attached hydrogens (tertiary/aromatic N) is 2. The standard InChI is InChI=1S/C27H30N2O7/c1-7-14-17-18(24(34-6)12(3)25-26(17)36-10-35-25)21(30)20-19-16-13(8-11(2)23(33-5)22(16)31)9-15(28(19)4)27(32)29(14)20/h8,14-15,19-20,31H,7,9-10H2,1-6H3/t14-,15?,19?,20?/m0/s1. The number of hydrogen-bond donors (Lipinski definition) is 1. The fourth-order valence-electron chi connectivity index (χ4n) is 6.88. The number of piperazine rings is 1. The van der Waals surface area contributed by atoms with E-state index in [2.05, 4.69) is 0 Å².